The second-order valence-electron chi connectivity index (χ2n) is 4.29. The average molecular weight is 298 g/mol. The molecule has 2 heterocycles. The Balaban J connectivity index is 1.77. The van der Waals surface area contributed by atoms with Gasteiger partial charge in [0, 0.05) is 27.1 Å². The van der Waals surface area contributed by atoms with Crippen molar-refractivity contribution in [3.8, 4) is 10.4 Å². The molecule has 0 spiro atoms. The molecule has 0 aliphatic rings. The van der Waals surface area contributed by atoms with Gasteiger partial charge in [-0.1, -0.05) is 13.0 Å². The first-order chi connectivity index (χ1) is 8.79. The third kappa shape index (κ3) is 4.12. The molecule has 0 saturated heterocycles. The Kier molecular flexibility index (Phi) is 5.76. The highest BCUT2D eigenvalue weighted by atomic mass is 32.2. The van der Waals surface area contributed by atoms with E-state index in [4.69, 9.17) is 0 Å². The Morgan fingerprint density at radius 2 is 2.28 bits per heavy atom. The minimum absolute atomic E-state index is 0.752. The Hall–Kier alpha value is -0.290. The van der Waals surface area contributed by atoms with E-state index in [9.17, 15) is 0 Å². The Morgan fingerprint density at radius 3 is 3.00 bits per heavy atom. The van der Waals surface area contributed by atoms with Crippen LogP contribution in [0.4, 0.5) is 0 Å². The van der Waals surface area contributed by atoms with Gasteiger partial charge in [0.05, 0.1) is 0 Å². The van der Waals surface area contributed by atoms with Crippen LogP contribution in [0.15, 0.2) is 29.0 Å². The maximum atomic E-state index is 3.53. The molecule has 0 aliphatic carbocycles. The van der Waals surface area contributed by atoms with Gasteiger partial charge >= 0.3 is 0 Å². The highest BCUT2D eigenvalue weighted by Crippen LogP contribution is 2.29. The topological polar surface area (TPSA) is 12.0 Å². The van der Waals surface area contributed by atoms with Gasteiger partial charge in [0.2, 0.25) is 0 Å². The molecule has 0 bridgehead atoms. The zero-order chi connectivity index (χ0) is 12.8. The van der Waals surface area contributed by atoms with Gasteiger partial charge in [-0.3, -0.25) is 0 Å². The third-order valence-electron chi connectivity index (χ3n) is 2.89. The fourth-order valence-electron chi connectivity index (χ4n) is 1.68. The van der Waals surface area contributed by atoms with Gasteiger partial charge in [0.25, 0.3) is 0 Å². The van der Waals surface area contributed by atoms with Crippen molar-refractivity contribution in [1.82, 2.24) is 5.32 Å². The van der Waals surface area contributed by atoms with Gasteiger partial charge in [-0.05, 0) is 42.1 Å². The summed E-state index contributed by atoms with van der Waals surface area (Å²) in [5.74, 6) is 0. The Morgan fingerprint density at radius 1 is 1.39 bits per heavy atom. The molecular weight excluding hydrogens is 278 g/mol. The van der Waals surface area contributed by atoms with E-state index in [0.29, 0.717) is 0 Å². The van der Waals surface area contributed by atoms with Crippen molar-refractivity contribution in [3.05, 3.63) is 33.8 Å². The van der Waals surface area contributed by atoms with Gasteiger partial charge in [0.1, 0.15) is 0 Å². The molecule has 1 nitrogen and oxygen atoms in total. The lowest BCUT2D eigenvalue weighted by Crippen LogP contribution is -2.16. The lowest BCUT2D eigenvalue weighted by Gasteiger charge is -2.07. The van der Waals surface area contributed by atoms with E-state index in [1.54, 1.807) is 0 Å². The molecule has 98 valence electrons. The lowest BCUT2D eigenvalue weighted by molar-refractivity contribution is 0.653. The summed E-state index contributed by atoms with van der Waals surface area (Å²) in [6, 6.07) is 6.60. The summed E-state index contributed by atoms with van der Waals surface area (Å²) in [4.78, 5) is 2.80. The molecule has 0 fully saturated rings. The number of thiophene rings is 2. The van der Waals surface area contributed by atoms with Gasteiger partial charge < -0.3 is 5.32 Å². The molecule has 4 heteroatoms. The van der Waals surface area contributed by atoms with E-state index in [1.165, 1.54) is 21.7 Å². The number of hydrogen-bond acceptors (Lipinski definition) is 4. The molecule has 0 aliphatic heterocycles. The van der Waals surface area contributed by atoms with E-state index < -0.39 is 0 Å². The minimum atomic E-state index is 0.752. The third-order valence-corrected chi connectivity index (χ3v) is 5.78. The van der Waals surface area contributed by atoms with E-state index >= 15 is 0 Å². The molecule has 1 atom stereocenters. The van der Waals surface area contributed by atoms with Crippen LogP contribution < -0.4 is 5.32 Å². The highest BCUT2D eigenvalue weighted by molar-refractivity contribution is 7.99. The molecule has 2 rings (SSSR count). The number of thioether (sulfide) groups is 1. The Labute approximate surface area is 122 Å². The lowest BCUT2D eigenvalue weighted by atomic mass is 10.2. The van der Waals surface area contributed by atoms with Crippen LogP contribution in [0.2, 0.25) is 0 Å². The smallest absolute Gasteiger partial charge is 0.0351 e. The monoisotopic (exact) mass is 297 g/mol. The second-order valence-corrected chi connectivity index (χ2v) is 7.51. The molecule has 0 saturated carbocycles. The van der Waals surface area contributed by atoms with E-state index in [-0.39, 0.29) is 0 Å². The quantitative estimate of drug-likeness (QED) is 0.743. The minimum Gasteiger partial charge on any atom is -0.312 e. The van der Waals surface area contributed by atoms with Crippen LogP contribution in [0.25, 0.3) is 10.4 Å². The predicted molar refractivity (Wildman–Crippen MR) is 86.9 cm³/mol. The standard InChI is InChI=1S/C14H19NS3/c1-11(16-2)5-6-15-9-13-8-12(10-18-13)14-4-3-7-17-14/h3-4,7-8,10-11,15H,5-6,9H2,1-2H3. The fourth-order valence-corrected chi connectivity index (χ4v) is 3.68. The van der Waals surface area contributed by atoms with Crippen molar-refractivity contribution >= 4 is 34.4 Å². The van der Waals surface area contributed by atoms with E-state index in [2.05, 4.69) is 47.5 Å². The number of rotatable bonds is 7. The first kappa shape index (κ1) is 14.1. The molecule has 18 heavy (non-hydrogen) atoms. The maximum absolute atomic E-state index is 3.53. The summed E-state index contributed by atoms with van der Waals surface area (Å²) >= 11 is 5.60. The van der Waals surface area contributed by atoms with Crippen molar-refractivity contribution in [3.63, 3.8) is 0 Å². The van der Waals surface area contributed by atoms with Crippen molar-refractivity contribution in [2.75, 3.05) is 12.8 Å². The summed E-state index contributed by atoms with van der Waals surface area (Å²) in [5.41, 5.74) is 1.37. The fraction of sp³-hybridized carbons (Fsp3) is 0.429. The summed E-state index contributed by atoms with van der Waals surface area (Å²) in [5, 5.41) is 8.67. The first-order valence-electron chi connectivity index (χ1n) is 6.14. The highest BCUT2D eigenvalue weighted by Gasteiger charge is 2.03. The van der Waals surface area contributed by atoms with Crippen molar-refractivity contribution in [2.24, 2.45) is 0 Å². The number of nitrogens with one attached hydrogen (secondary N) is 1. The summed E-state index contributed by atoms with van der Waals surface area (Å²) < 4.78 is 0. The van der Waals surface area contributed by atoms with Crippen LogP contribution >= 0.6 is 34.4 Å². The van der Waals surface area contributed by atoms with Gasteiger partial charge in [-0.15, -0.1) is 22.7 Å². The molecule has 1 unspecified atom stereocenters. The zero-order valence-electron chi connectivity index (χ0n) is 10.8. The molecule has 0 aromatic carbocycles. The van der Waals surface area contributed by atoms with Crippen LogP contribution in [-0.4, -0.2) is 18.1 Å². The molecule has 0 amide bonds. The normalized spacial score (nSPS) is 12.8. The molecule has 2 aromatic heterocycles. The van der Waals surface area contributed by atoms with Crippen LogP contribution in [0, 0.1) is 0 Å². The van der Waals surface area contributed by atoms with E-state index in [0.717, 1.165) is 18.3 Å². The SMILES string of the molecule is CSC(C)CCNCc1cc(-c2cccs2)cs1. The number of hydrogen-bond donors (Lipinski definition) is 1. The summed E-state index contributed by atoms with van der Waals surface area (Å²) in [7, 11) is 0. The van der Waals surface area contributed by atoms with Gasteiger partial charge in [0.15, 0.2) is 0 Å². The zero-order valence-corrected chi connectivity index (χ0v) is 13.3. The average Bonchev–Trinajstić information content (AvgIpc) is 3.04. The van der Waals surface area contributed by atoms with E-state index in [1.807, 2.05) is 34.4 Å². The largest absolute Gasteiger partial charge is 0.312 e. The van der Waals surface area contributed by atoms with Crippen molar-refractivity contribution in [1.29, 1.82) is 0 Å². The van der Waals surface area contributed by atoms with Gasteiger partial charge in [-0.25, -0.2) is 0 Å². The van der Waals surface area contributed by atoms with Crippen molar-refractivity contribution in [2.45, 2.75) is 25.1 Å². The summed E-state index contributed by atoms with van der Waals surface area (Å²) in [6.07, 6.45) is 3.42. The molecule has 0 radical (unpaired) electrons. The van der Waals surface area contributed by atoms with Crippen molar-refractivity contribution < 1.29 is 0 Å². The molecule has 2 aromatic rings. The van der Waals surface area contributed by atoms with Crippen LogP contribution in [0.5, 0.6) is 0 Å². The van der Waals surface area contributed by atoms with Crippen LogP contribution in [0.1, 0.15) is 18.2 Å². The van der Waals surface area contributed by atoms with Crippen LogP contribution in [-0.2, 0) is 6.54 Å². The Bertz CT molecular complexity index is 447. The molecule has 1 N–H and O–H groups in total. The maximum Gasteiger partial charge on any atom is 0.0351 e. The second kappa shape index (κ2) is 7.34. The summed E-state index contributed by atoms with van der Waals surface area (Å²) in [6.45, 7) is 4.39. The predicted octanol–water partition coefficient (Wildman–Crippen LogP) is 4.71. The first-order valence-corrected chi connectivity index (χ1v) is 9.19. The van der Waals surface area contributed by atoms with Crippen LogP contribution in [0.3, 0.4) is 0 Å². The molecular formula is C14H19NS3. The van der Waals surface area contributed by atoms with Gasteiger partial charge in [-0.2, -0.15) is 11.8 Å².